The second kappa shape index (κ2) is 8.12. The Morgan fingerprint density at radius 1 is 1.42 bits per heavy atom. The molecule has 0 aliphatic rings. The topological polar surface area (TPSA) is 87.5 Å². The van der Waals surface area contributed by atoms with Crippen molar-refractivity contribution in [2.75, 3.05) is 19.6 Å². The molecular formula is C12H20N4O3. The zero-order valence-electron chi connectivity index (χ0n) is 11.1. The number of aromatic nitrogens is 2. The minimum Gasteiger partial charge on any atom is -0.480 e. The zero-order chi connectivity index (χ0) is 14.1. The minimum absolute atomic E-state index is 0.266. The summed E-state index contributed by atoms with van der Waals surface area (Å²) in [5.41, 5.74) is 0. The van der Waals surface area contributed by atoms with Crippen LogP contribution in [0.2, 0.25) is 0 Å². The Bertz CT molecular complexity index is 392. The first kappa shape index (κ1) is 15.0. The molecule has 0 unspecified atom stereocenters. The van der Waals surface area contributed by atoms with Crippen LogP contribution in [0.4, 0.5) is 4.79 Å². The monoisotopic (exact) mass is 268 g/mol. The number of likely N-dealkylation sites (N-methyl/N-ethyl adjacent to an activating group) is 1. The number of unbranched alkanes of at least 4 members (excludes halogenated alkanes) is 1. The lowest BCUT2D eigenvalue weighted by molar-refractivity contribution is -0.137. The van der Waals surface area contributed by atoms with Gasteiger partial charge in [-0.15, -0.1) is 0 Å². The number of aliphatic carboxylic acids is 1. The first-order valence-corrected chi connectivity index (χ1v) is 6.33. The van der Waals surface area contributed by atoms with E-state index in [-0.39, 0.29) is 12.6 Å². The number of aryl methyl sites for hydroxylation is 1. The second-order valence-electron chi connectivity index (χ2n) is 4.15. The molecule has 0 atom stereocenters. The van der Waals surface area contributed by atoms with Crippen molar-refractivity contribution in [3.05, 3.63) is 18.7 Å². The Kier molecular flexibility index (Phi) is 6.42. The van der Waals surface area contributed by atoms with Gasteiger partial charge in [-0.2, -0.15) is 0 Å². The Morgan fingerprint density at radius 2 is 2.21 bits per heavy atom. The third-order valence-corrected chi connectivity index (χ3v) is 2.67. The highest BCUT2D eigenvalue weighted by molar-refractivity contribution is 5.79. The number of carboxylic acids is 1. The van der Waals surface area contributed by atoms with Crippen molar-refractivity contribution in [2.45, 2.75) is 26.3 Å². The molecule has 1 aromatic rings. The van der Waals surface area contributed by atoms with E-state index in [1.165, 1.54) is 4.90 Å². The Morgan fingerprint density at radius 3 is 2.79 bits per heavy atom. The summed E-state index contributed by atoms with van der Waals surface area (Å²) in [4.78, 5) is 27.4. The van der Waals surface area contributed by atoms with Crippen LogP contribution < -0.4 is 5.32 Å². The number of carbonyl (C=O) groups excluding carboxylic acids is 1. The van der Waals surface area contributed by atoms with E-state index in [0.717, 1.165) is 19.4 Å². The molecule has 7 heteroatoms. The summed E-state index contributed by atoms with van der Waals surface area (Å²) >= 11 is 0. The highest BCUT2D eigenvalue weighted by Crippen LogP contribution is 1.95. The summed E-state index contributed by atoms with van der Waals surface area (Å²) < 4.78 is 1.98. The van der Waals surface area contributed by atoms with Gasteiger partial charge in [0.05, 0.1) is 6.33 Å². The van der Waals surface area contributed by atoms with Gasteiger partial charge in [-0.1, -0.05) is 0 Å². The van der Waals surface area contributed by atoms with Gasteiger partial charge in [0.2, 0.25) is 0 Å². The summed E-state index contributed by atoms with van der Waals surface area (Å²) in [5, 5.41) is 11.4. The van der Waals surface area contributed by atoms with E-state index < -0.39 is 5.97 Å². The highest BCUT2D eigenvalue weighted by atomic mass is 16.4. The van der Waals surface area contributed by atoms with Crippen LogP contribution >= 0.6 is 0 Å². The number of hydrogen-bond donors (Lipinski definition) is 2. The van der Waals surface area contributed by atoms with Gasteiger partial charge in [-0.05, 0) is 19.8 Å². The predicted molar refractivity (Wildman–Crippen MR) is 69.7 cm³/mol. The van der Waals surface area contributed by atoms with Crippen molar-refractivity contribution in [3.63, 3.8) is 0 Å². The van der Waals surface area contributed by atoms with Crippen molar-refractivity contribution >= 4 is 12.0 Å². The highest BCUT2D eigenvalue weighted by Gasteiger charge is 2.13. The molecule has 1 aromatic heterocycles. The molecule has 0 aliphatic heterocycles. The van der Waals surface area contributed by atoms with Gasteiger partial charge >= 0.3 is 12.0 Å². The molecule has 0 saturated carbocycles. The van der Waals surface area contributed by atoms with Gasteiger partial charge < -0.3 is 19.9 Å². The summed E-state index contributed by atoms with van der Waals surface area (Å²) in [6.07, 6.45) is 7.15. The first-order valence-electron chi connectivity index (χ1n) is 6.33. The number of nitrogens with zero attached hydrogens (tertiary/aromatic N) is 3. The van der Waals surface area contributed by atoms with Crippen molar-refractivity contribution in [3.8, 4) is 0 Å². The first-order chi connectivity index (χ1) is 9.13. The van der Waals surface area contributed by atoms with Crippen LogP contribution in [0, 0.1) is 0 Å². The lowest BCUT2D eigenvalue weighted by atomic mass is 10.3. The lowest BCUT2D eigenvalue weighted by Gasteiger charge is -2.19. The minimum atomic E-state index is -1.00. The molecule has 0 radical (unpaired) electrons. The number of rotatable bonds is 8. The van der Waals surface area contributed by atoms with Crippen molar-refractivity contribution in [1.82, 2.24) is 19.8 Å². The summed E-state index contributed by atoms with van der Waals surface area (Å²) in [6, 6.07) is -0.326. The van der Waals surface area contributed by atoms with Crippen LogP contribution in [-0.2, 0) is 11.3 Å². The number of carboxylic acid groups (broad SMARTS) is 1. The maximum atomic E-state index is 11.6. The third kappa shape index (κ3) is 5.89. The number of nitrogens with one attached hydrogen (secondary N) is 1. The summed E-state index contributed by atoms with van der Waals surface area (Å²) in [5.74, 6) is -1.00. The van der Waals surface area contributed by atoms with E-state index in [9.17, 15) is 9.59 Å². The lowest BCUT2D eigenvalue weighted by Crippen LogP contribution is -2.42. The van der Waals surface area contributed by atoms with Crippen molar-refractivity contribution < 1.29 is 14.7 Å². The molecule has 7 nitrogen and oxygen atoms in total. The van der Waals surface area contributed by atoms with E-state index in [0.29, 0.717) is 13.1 Å². The van der Waals surface area contributed by atoms with Crippen LogP contribution in [0.25, 0.3) is 0 Å². The molecule has 106 valence electrons. The molecule has 0 aliphatic carbocycles. The average molecular weight is 268 g/mol. The fraction of sp³-hybridized carbons (Fsp3) is 0.583. The van der Waals surface area contributed by atoms with Gasteiger partial charge in [0.25, 0.3) is 0 Å². The summed E-state index contributed by atoms with van der Waals surface area (Å²) in [7, 11) is 0. The molecule has 1 rings (SSSR count). The SMILES string of the molecule is CCN(CC(=O)O)C(=O)NCCCCn1ccnc1. The number of carbonyl (C=O) groups is 2. The Hall–Kier alpha value is -2.05. The van der Waals surface area contributed by atoms with Crippen LogP contribution in [0.3, 0.4) is 0 Å². The van der Waals surface area contributed by atoms with E-state index in [1.54, 1.807) is 19.4 Å². The average Bonchev–Trinajstić information content (AvgIpc) is 2.88. The van der Waals surface area contributed by atoms with Crippen LogP contribution in [0.5, 0.6) is 0 Å². The standard InChI is InChI=1S/C12H20N4O3/c1-2-16(9-11(17)18)12(19)14-5-3-4-7-15-8-6-13-10-15/h6,8,10H,2-5,7,9H2,1H3,(H,14,19)(H,17,18). The molecule has 2 amide bonds. The normalized spacial score (nSPS) is 10.2. The number of hydrogen-bond acceptors (Lipinski definition) is 3. The molecular weight excluding hydrogens is 248 g/mol. The fourth-order valence-corrected chi connectivity index (χ4v) is 1.64. The number of urea groups is 1. The second-order valence-corrected chi connectivity index (χ2v) is 4.15. The van der Waals surface area contributed by atoms with Gasteiger partial charge in [0.15, 0.2) is 0 Å². The predicted octanol–water partition coefficient (Wildman–Crippen LogP) is 0.779. The molecule has 0 bridgehead atoms. The zero-order valence-corrected chi connectivity index (χ0v) is 11.1. The van der Waals surface area contributed by atoms with Crippen LogP contribution in [0.1, 0.15) is 19.8 Å². The van der Waals surface area contributed by atoms with Crippen molar-refractivity contribution in [1.29, 1.82) is 0 Å². The Labute approximate surface area is 112 Å². The fourth-order valence-electron chi connectivity index (χ4n) is 1.64. The third-order valence-electron chi connectivity index (χ3n) is 2.67. The molecule has 0 saturated heterocycles. The molecule has 1 heterocycles. The van der Waals surface area contributed by atoms with Crippen LogP contribution in [-0.4, -0.2) is 51.2 Å². The van der Waals surface area contributed by atoms with Gasteiger partial charge in [0, 0.05) is 32.0 Å². The number of imidazole rings is 1. The van der Waals surface area contributed by atoms with Crippen LogP contribution in [0.15, 0.2) is 18.7 Å². The smallest absolute Gasteiger partial charge is 0.323 e. The molecule has 2 N–H and O–H groups in total. The van der Waals surface area contributed by atoms with E-state index in [1.807, 2.05) is 10.8 Å². The quantitative estimate of drug-likeness (QED) is 0.682. The van der Waals surface area contributed by atoms with E-state index in [2.05, 4.69) is 10.3 Å². The molecule has 0 aromatic carbocycles. The molecule has 0 spiro atoms. The maximum absolute atomic E-state index is 11.6. The van der Waals surface area contributed by atoms with E-state index in [4.69, 9.17) is 5.11 Å². The Balaban J connectivity index is 2.13. The van der Waals surface area contributed by atoms with Gasteiger partial charge in [-0.3, -0.25) is 4.79 Å². The molecule has 19 heavy (non-hydrogen) atoms. The van der Waals surface area contributed by atoms with Crippen molar-refractivity contribution in [2.24, 2.45) is 0 Å². The van der Waals surface area contributed by atoms with Gasteiger partial charge in [0.1, 0.15) is 6.54 Å². The maximum Gasteiger partial charge on any atom is 0.323 e. The largest absolute Gasteiger partial charge is 0.480 e. The molecule has 0 fully saturated rings. The van der Waals surface area contributed by atoms with E-state index >= 15 is 0 Å². The number of amides is 2. The van der Waals surface area contributed by atoms with Gasteiger partial charge in [-0.25, -0.2) is 9.78 Å². The summed E-state index contributed by atoms with van der Waals surface area (Å²) in [6.45, 7) is 3.28.